The third-order valence-electron chi connectivity index (χ3n) is 11.0. The summed E-state index contributed by atoms with van der Waals surface area (Å²) >= 11 is 1.86. The molecule has 12 aromatic rings. The number of para-hydroxylation sites is 2. The van der Waals surface area contributed by atoms with Crippen LogP contribution in [-0.4, -0.2) is 19.5 Å². The number of hydrogen-bond acceptors (Lipinski definition) is 5. The summed E-state index contributed by atoms with van der Waals surface area (Å²) in [5, 5.41) is 7.22. The molecule has 4 heterocycles. The van der Waals surface area contributed by atoms with Crippen LogP contribution in [0.2, 0.25) is 0 Å². The molecule has 0 bridgehead atoms. The summed E-state index contributed by atoms with van der Waals surface area (Å²) in [4.78, 5) is 15.3. The van der Waals surface area contributed by atoms with Gasteiger partial charge in [0.25, 0.3) is 0 Å². The van der Waals surface area contributed by atoms with Crippen LogP contribution in [0.3, 0.4) is 0 Å². The maximum Gasteiger partial charge on any atom is 0.164 e. The number of hydrogen-bond donors (Lipinski definition) is 0. The summed E-state index contributed by atoms with van der Waals surface area (Å²) < 4.78 is 11.3. The Morgan fingerprint density at radius 2 is 1.04 bits per heavy atom. The summed E-state index contributed by atoms with van der Waals surface area (Å²) in [5.41, 5.74) is 10.1. The standard InChI is InChI=1S/C51H30N4OS/c1-2-13-31(14-3-1)49-52-50(54-51(53-49)39-22-12-25-43-46(39)37-20-5-8-24-42(37)56-43)34-17-10-15-32(29-34)33-16-11-18-35(30-33)55-40-23-7-4-19-36(40)47-41(55)27-28-45-48(47)38-21-6-9-26-44(38)57-45/h1-30H. The SMILES string of the molecule is c1ccc(-c2nc(-c3cccc(-c4cccc(-n5c6ccccc6c6c7c(ccc65)sc5ccccc57)c4)c3)nc(-c3cccc4oc5ccccc5c34)n2)cc1. The molecule has 0 saturated heterocycles. The third kappa shape index (κ3) is 5.04. The molecule has 0 unspecified atom stereocenters. The van der Waals surface area contributed by atoms with Crippen molar-refractivity contribution in [1.82, 2.24) is 19.5 Å². The van der Waals surface area contributed by atoms with E-state index in [1.54, 1.807) is 0 Å². The number of thiophene rings is 1. The van der Waals surface area contributed by atoms with Crippen molar-refractivity contribution in [2.24, 2.45) is 0 Å². The lowest BCUT2D eigenvalue weighted by molar-refractivity contribution is 0.669. The van der Waals surface area contributed by atoms with Gasteiger partial charge in [-0.25, -0.2) is 15.0 Å². The Bertz CT molecular complexity index is 3540. The van der Waals surface area contributed by atoms with E-state index in [4.69, 9.17) is 19.4 Å². The molecule has 6 heteroatoms. The van der Waals surface area contributed by atoms with Crippen molar-refractivity contribution in [2.75, 3.05) is 0 Å². The molecule has 8 aromatic carbocycles. The number of furan rings is 1. The van der Waals surface area contributed by atoms with Gasteiger partial charge in [-0.1, -0.05) is 127 Å². The molecule has 4 aromatic heterocycles. The molecule has 0 amide bonds. The summed E-state index contributed by atoms with van der Waals surface area (Å²) in [7, 11) is 0. The maximum atomic E-state index is 6.25. The summed E-state index contributed by atoms with van der Waals surface area (Å²) in [6.45, 7) is 0. The summed E-state index contributed by atoms with van der Waals surface area (Å²) in [6.07, 6.45) is 0. The lowest BCUT2D eigenvalue weighted by atomic mass is 10.0. The van der Waals surface area contributed by atoms with E-state index in [1.807, 2.05) is 72.0 Å². The highest BCUT2D eigenvalue weighted by atomic mass is 32.1. The van der Waals surface area contributed by atoms with E-state index in [-0.39, 0.29) is 0 Å². The van der Waals surface area contributed by atoms with Gasteiger partial charge in [0.1, 0.15) is 11.2 Å². The fourth-order valence-electron chi connectivity index (χ4n) is 8.52. The Kier molecular flexibility index (Phi) is 7.03. The average molecular weight is 747 g/mol. The molecule has 0 spiro atoms. The molecule has 0 atom stereocenters. The summed E-state index contributed by atoms with van der Waals surface area (Å²) in [5.74, 6) is 1.82. The fourth-order valence-corrected chi connectivity index (χ4v) is 9.63. The predicted octanol–water partition coefficient (Wildman–Crippen LogP) is 13.9. The molecule has 0 fully saturated rings. The fraction of sp³-hybridized carbons (Fsp3) is 0. The minimum atomic E-state index is 0.599. The van der Waals surface area contributed by atoms with Crippen molar-refractivity contribution in [1.29, 1.82) is 0 Å². The highest BCUT2D eigenvalue weighted by molar-refractivity contribution is 7.26. The molecule has 5 nitrogen and oxygen atoms in total. The zero-order valence-corrected chi connectivity index (χ0v) is 31.2. The van der Waals surface area contributed by atoms with Crippen molar-refractivity contribution in [3.05, 3.63) is 182 Å². The second-order valence-electron chi connectivity index (χ2n) is 14.4. The maximum absolute atomic E-state index is 6.25. The Labute approximate surface area is 330 Å². The van der Waals surface area contributed by atoms with Gasteiger partial charge in [0, 0.05) is 64.1 Å². The van der Waals surface area contributed by atoms with Gasteiger partial charge < -0.3 is 8.98 Å². The highest BCUT2D eigenvalue weighted by Gasteiger charge is 2.20. The largest absolute Gasteiger partial charge is 0.456 e. The highest BCUT2D eigenvalue weighted by Crippen LogP contribution is 2.44. The summed E-state index contributed by atoms with van der Waals surface area (Å²) in [6, 6.07) is 63.8. The first-order valence-electron chi connectivity index (χ1n) is 19.0. The van der Waals surface area contributed by atoms with Crippen molar-refractivity contribution < 1.29 is 4.42 Å². The first-order valence-corrected chi connectivity index (χ1v) is 19.8. The van der Waals surface area contributed by atoms with Crippen LogP contribution in [0, 0.1) is 0 Å². The van der Waals surface area contributed by atoms with Gasteiger partial charge in [-0.05, 0) is 65.7 Å². The van der Waals surface area contributed by atoms with Gasteiger partial charge in [0.2, 0.25) is 0 Å². The number of fused-ring (bicyclic) bond motifs is 10. The third-order valence-corrected chi connectivity index (χ3v) is 12.2. The Morgan fingerprint density at radius 1 is 0.386 bits per heavy atom. The predicted molar refractivity (Wildman–Crippen MR) is 236 cm³/mol. The number of aromatic nitrogens is 4. The quantitative estimate of drug-likeness (QED) is 0.176. The van der Waals surface area contributed by atoms with E-state index in [0.717, 1.165) is 55.4 Å². The van der Waals surface area contributed by atoms with Crippen molar-refractivity contribution >= 4 is 75.3 Å². The Hall–Kier alpha value is -7.41. The van der Waals surface area contributed by atoms with Gasteiger partial charge in [-0.15, -0.1) is 11.3 Å². The van der Waals surface area contributed by atoms with Gasteiger partial charge >= 0.3 is 0 Å². The van der Waals surface area contributed by atoms with E-state index >= 15 is 0 Å². The second-order valence-corrected chi connectivity index (χ2v) is 15.4. The normalized spacial score (nSPS) is 11.9. The number of benzene rings is 8. The van der Waals surface area contributed by atoms with Crippen LogP contribution in [-0.2, 0) is 0 Å². The second kappa shape index (κ2) is 12.6. The minimum Gasteiger partial charge on any atom is -0.456 e. The lowest BCUT2D eigenvalue weighted by Crippen LogP contribution is -2.00. The van der Waals surface area contributed by atoms with Crippen LogP contribution < -0.4 is 0 Å². The molecular formula is C51H30N4OS. The zero-order chi connectivity index (χ0) is 37.5. The first-order chi connectivity index (χ1) is 28.2. The minimum absolute atomic E-state index is 0.599. The Balaban J connectivity index is 1.02. The van der Waals surface area contributed by atoms with Crippen LogP contribution in [0.5, 0.6) is 0 Å². The van der Waals surface area contributed by atoms with Crippen LogP contribution in [0.4, 0.5) is 0 Å². The molecule has 0 radical (unpaired) electrons. The molecule has 0 N–H and O–H groups in total. The molecular weight excluding hydrogens is 717 g/mol. The van der Waals surface area contributed by atoms with E-state index in [0.29, 0.717) is 17.5 Å². The molecule has 12 rings (SSSR count). The molecule has 57 heavy (non-hydrogen) atoms. The monoisotopic (exact) mass is 746 g/mol. The van der Waals surface area contributed by atoms with Crippen LogP contribution >= 0.6 is 11.3 Å². The van der Waals surface area contributed by atoms with Gasteiger partial charge in [0.05, 0.1) is 11.0 Å². The molecule has 0 aliphatic heterocycles. The zero-order valence-electron chi connectivity index (χ0n) is 30.4. The van der Waals surface area contributed by atoms with E-state index in [1.165, 1.54) is 42.0 Å². The first kappa shape index (κ1) is 31.9. The van der Waals surface area contributed by atoms with E-state index < -0.39 is 0 Å². The molecule has 0 aliphatic carbocycles. The van der Waals surface area contributed by atoms with Crippen LogP contribution in [0.1, 0.15) is 0 Å². The topological polar surface area (TPSA) is 56.7 Å². The van der Waals surface area contributed by atoms with Crippen molar-refractivity contribution in [3.63, 3.8) is 0 Å². The lowest BCUT2D eigenvalue weighted by Gasteiger charge is -2.12. The number of rotatable bonds is 5. The molecule has 0 saturated carbocycles. The Morgan fingerprint density at radius 3 is 1.93 bits per heavy atom. The van der Waals surface area contributed by atoms with Crippen LogP contribution in [0.15, 0.2) is 186 Å². The number of nitrogens with zero attached hydrogens (tertiary/aromatic N) is 4. The molecule has 266 valence electrons. The molecule has 0 aliphatic rings. The van der Waals surface area contributed by atoms with E-state index in [9.17, 15) is 0 Å². The van der Waals surface area contributed by atoms with Gasteiger partial charge in [0.15, 0.2) is 17.5 Å². The van der Waals surface area contributed by atoms with Crippen LogP contribution in [0.25, 0.3) is 115 Å². The van der Waals surface area contributed by atoms with Crippen molar-refractivity contribution in [3.8, 4) is 51.0 Å². The smallest absolute Gasteiger partial charge is 0.164 e. The van der Waals surface area contributed by atoms with Crippen molar-refractivity contribution in [2.45, 2.75) is 0 Å². The van der Waals surface area contributed by atoms with Gasteiger partial charge in [-0.3, -0.25) is 0 Å². The van der Waals surface area contributed by atoms with E-state index in [2.05, 4.69) is 126 Å². The average Bonchev–Trinajstić information content (AvgIpc) is 3.96. The van der Waals surface area contributed by atoms with Gasteiger partial charge in [-0.2, -0.15) is 0 Å².